The van der Waals surface area contributed by atoms with E-state index in [9.17, 15) is 9.18 Å². The number of amides is 1. The summed E-state index contributed by atoms with van der Waals surface area (Å²) >= 11 is 0. The minimum atomic E-state index is -0.388. The number of carbonyl (C=O) groups excluding carboxylic acids is 1. The van der Waals surface area contributed by atoms with E-state index < -0.39 is 0 Å². The molecule has 0 atom stereocenters. The summed E-state index contributed by atoms with van der Waals surface area (Å²) in [5, 5.41) is 0. The second-order valence-corrected chi connectivity index (χ2v) is 4.66. The fourth-order valence-electron chi connectivity index (χ4n) is 2.25. The van der Waals surface area contributed by atoms with Gasteiger partial charge < -0.3 is 9.80 Å². The molecule has 1 aliphatic rings. The summed E-state index contributed by atoms with van der Waals surface area (Å²) in [7, 11) is 0. The van der Waals surface area contributed by atoms with E-state index in [1.807, 2.05) is 0 Å². The molecule has 0 unspecified atom stereocenters. The van der Waals surface area contributed by atoms with Crippen LogP contribution in [0, 0.1) is 12.7 Å². The molecule has 2 rings (SSSR count). The van der Waals surface area contributed by atoms with Crippen LogP contribution >= 0.6 is 0 Å². The van der Waals surface area contributed by atoms with E-state index in [4.69, 9.17) is 0 Å². The van der Waals surface area contributed by atoms with Gasteiger partial charge in [-0.25, -0.2) is 4.39 Å². The second kappa shape index (κ2) is 5.48. The van der Waals surface area contributed by atoms with Gasteiger partial charge in [0, 0.05) is 26.2 Å². The standard InChI is InChI=1S/C14H19FN2O/c1-3-16-7-9-17(10-8-16)14(18)12-6-4-5-11(2)13(12)15/h4-6H,3,7-10H2,1-2H3. The fraction of sp³-hybridized carbons (Fsp3) is 0.500. The average molecular weight is 250 g/mol. The number of rotatable bonds is 2. The number of benzene rings is 1. The molecule has 18 heavy (non-hydrogen) atoms. The lowest BCUT2D eigenvalue weighted by molar-refractivity contribution is 0.0638. The van der Waals surface area contributed by atoms with Crippen molar-refractivity contribution in [1.29, 1.82) is 0 Å². The average Bonchev–Trinajstić information content (AvgIpc) is 2.41. The summed E-state index contributed by atoms with van der Waals surface area (Å²) in [5.41, 5.74) is 0.716. The maximum atomic E-state index is 13.9. The van der Waals surface area contributed by atoms with E-state index in [2.05, 4.69) is 11.8 Å². The summed E-state index contributed by atoms with van der Waals surface area (Å²) in [4.78, 5) is 16.3. The van der Waals surface area contributed by atoms with Gasteiger partial charge in [-0.3, -0.25) is 4.79 Å². The highest BCUT2D eigenvalue weighted by molar-refractivity contribution is 5.94. The summed E-state index contributed by atoms with van der Waals surface area (Å²) in [5.74, 6) is -0.577. The Morgan fingerprint density at radius 1 is 1.28 bits per heavy atom. The minimum absolute atomic E-state index is 0.188. The molecule has 0 aliphatic carbocycles. The molecule has 0 saturated carbocycles. The third kappa shape index (κ3) is 2.53. The van der Waals surface area contributed by atoms with Crippen molar-refractivity contribution in [2.24, 2.45) is 0 Å². The van der Waals surface area contributed by atoms with Gasteiger partial charge in [0.25, 0.3) is 5.91 Å². The van der Waals surface area contributed by atoms with Gasteiger partial charge in [-0.2, -0.15) is 0 Å². The van der Waals surface area contributed by atoms with Gasteiger partial charge in [0.1, 0.15) is 5.82 Å². The first kappa shape index (κ1) is 13.0. The molecule has 1 aromatic carbocycles. The largest absolute Gasteiger partial charge is 0.336 e. The zero-order chi connectivity index (χ0) is 13.1. The monoisotopic (exact) mass is 250 g/mol. The Morgan fingerprint density at radius 3 is 2.56 bits per heavy atom. The second-order valence-electron chi connectivity index (χ2n) is 4.66. The maximum absolute atomic E-state index is 13.9. The van der Waals surface area contributed by atoms with Gasteiger partial charge in [-0.05, 0) is 25.1 Å². The van der Waals surface area contributed by atoms with Crippen molar-refractivity contribution in [3.8, 4) is 0 Å². The third-order valence-corrected chi connectivity index (χ3v) is 3.53. The first-order valence-electron chi connectivity index (χ1n) is 6.40. The van der Waals surface area contributed by atoms with Crippen molar-refractivity contribution in [3.63, 3.8) is 0 Å². The molecule has 1 saturated heterocycles. The molecule has 4 heteroatoms. The van der Waals surface area contributed by atoms with Crippen LogP contribution < -0.4 is 0 Å². The van der Waals surface area contributed by atoms with Crippen LogP contribution in [0.25, 0.3) is 0 Å². The Labute approximate surface area is 107 Å². The molecule has 1 amide bonds. The van der Waals surface area contributed by atoms with Crippen LogP contribution in [0.2, 0.25) is 0 Å². The molecule has 1 aromatic rings. The van der Waals surface area contributed by atoms with Gasteiger partial charge in [0.15, 0.2) is 0 Å². The molecule has 0 radical (unpaired) electrons. The molecule has 1 heterocycles. The lowest BCUT2D eigenvalue weighted by Gasteiger charge is -2.34. The number of likely N-dealkylation sites (N-methyl/N-ethyl adjacent to an activating group) is 1. The van der Waals surface area contributed by atoms with Gasteiger partial charge >= 0.3 is 0 Å². The third-order valence-electron chi connectivity index (χ3n) is 3.53. The highest BCUT2D eigenvalue weighted by Gasteiger charge is 2.23. The molecule has 0 aromatic heterocycles. The molecule has 98 valence electrons. The Bertz CT molecular complexity index is 439. The zero-order valence-electron chi connectivity index (χ0n) is 10.9. The number of hydrogen-bond acceptors (Lipinski definition) is 2. The molecule has 1 aliphatic heterocycles. The van der Waals surface area contributed by atoms with Crippen LogP contribution in [0.3, 0.4) is 0 Å². The topological polar surface area (TPSA) is 23.6 Å². The van der Waals surface area contributed by atoms with Crippen LogP contribution in [0.4, 0.5) is 4.39 Å². The maximum Gasteiger partial charge on any atom is 0.256 e. The van der Waals surface area contributed by atoms with E-state index in [0.717, 1.165) is 19.6 Å². The van der Waals surface area contributed by atoms with E-state index in [1.54, 1.807) is 30.0 Å². The van der Waals surface area contributed by atoms with Gasteiger partial charge in [-0.1, -0.05) is 19.1 Å². The zero-order valence-corrected chi connectivity index (χ0v) is 10.9. The number of nitrogens with zero attached hydrogens (tertiary/aromatic N) is 2. The number of aryl methyl sites for hydroxylation is 1. The SMILES string of the molecule is CCN1CCN(C(=O)c2cccc(C)c2F)CC1. The van der Waals surface area contributed by atoms with Gasteiger partial charge in [-0.15, -0.1) is 0 Å². The summed E-state index contributed by atoms with van der Waals surface area (Å²) in [6.07, 6.45) is 0. The molecule has 0 N–H and O–H groups in total. The minimum Gasteiger partial charge on any atom is -0.336 e. The molecule has 0 spiro atoms. The van der Waals surface area contributed by atoms with Crippen LogP contribution in [0.15, 0.2) is 18.2 Å². The Hall–Kier alpha value is -1.42. The molecule has 1 fully saturated rings. The van der Waals surface area contributed by atoms with Crippen molar-refractivity contribution in [1.82, 2.24) is 9.80 Å². The van der Waals surface area contributed by atoms with Crippen LogP contribution in [-0.2, 0) is 0 Å². The molecular formula is C14H19FN2O. The van der Waals surface area contributed by atoms with E-state index >= 15 is 0 Å². The van der Waals surface area contributed by atoms with E-state index in [1.165, 1.54) is 0 Å². The van der Waals surface area contributed by atoms with E-state index in [0.29, 0.717) is 18.7 Å². The van der Waals surface area contributed by atoms with Crippen molar-refractivity contribution >= 4 is 5.91 Å². The summed E-state index contributed by atoms with van der Waals surface area (Å²) < 4.78 is 13.9. The van der Waals surface area contributed by atoms with Gasteiger partial charge in [0.05, 0.1) is 5.56 Å². The number of hydrogen-bond donors (Lipinski definition) is 0. The molecule has 3 nitrogen and oxygen atoms in total. The first-order valence-corrected chi connectivity index (χ1v) is 6.40. The number of halogens is 1. The smallest absolute Gasteiger partial charge is 0.256 e. The quantitative estimate of drug-likeness (QED) is 0.800. The predicted octanol–water partition coefficient (Wildman–Crippen LogP) is 1.91. The lowest BCUT2D eigenvalue weighted by atomic mass is 10.1. The highest BCUT2D eigenvalue weighted by atomic mass is 19.1. The van der Waals surface area contributed by atoms with Crippen LogP contribution in [-0.4, -0.2) is 48.4 Å². The number of piperazine rings is 1. The van der Waals surface area contributed by atoms with Crippen molar-refractivity contribution in [2.75, 3.05) is 32.7 Å². The Balaban J connectivity index is 2.10. The van der Waals surface area contributed by atoms with Gasteiger partial charge in [0.2, 0.25) is 0 Å². The van der Waals surface area contributed by atoms with Crippen molar-refractivity contribution < 1.29 is 9.18 Å². The molecule has 0 bridgehead atoms. The van der Waals surface area contributed by atoms with Crippen molar-refractivity contribution in [2.45, 2.75) is 13.8 Å². The normalized spacial score (nSPS) is 16.9. The van der Waals surface area contributed by atoms with Crippen LogP contribution in [0.1, 0.15) is 22.8 Å². The fourth-order valence-corrected chi connectivity index (χ4v) is 2.25. The highest BCUT2D eigenvalue weighted by Crippen LogP contribution is 2.15. The lowest BCUT2D eigenvalue weighted by Crippen LogP contribution is -2.48. The Morgan fingerprint density at radius 2 is 1.94 bits per heavy atom. The first-order chi connectivity index (χ1) is 8.63. The van der Waals surface area contributed by atoms with E-state index in [-0.39, 0.29) is 17.3 Å². The summed E-state index contributed by atoms with van der Waals surface area (Å²) in [6, 6.07) is 4.98. The predicted molar refractivity (Wildman–Crippen MR) is 69.2 cm³/mol. The number of carbonyl (C=O) groups is 1. The van der Waals surface area contributed by atoms with Crippen LogP contribution in [0.5, 0.6) is 0 Å². The molecular weight excluding hydrogens is 231 g/mol. The Kier molecular flexibility index (Phi) is 3.97. The van der Waals surface area contributed by atoms with Crippen molar-refractivity contribution in [3.05, 3.63) is 35.1 Å². The summed E-state index contributed by atoms with van der Waals surface area (Å²) in [6.45, 7) is 7.89.